The molecular formula is C28H22N4O5. The molecule has 2 aliphatic rings. The number of aryl methyl sites for hydroxylation is 4. The van der Waals surface area contributed by atoms with Gasteiger partial charge in [0.05, 0.1) is 21.0 Å². The Morgan fingerprint density at radius 3 is 1.49 bits per heavy atom. The summed E-state index contributed by atoms with van der Waals surface area (Å²) in [7, 11) is 0. The van der Waals surface area contributed by atoms with Gasteiger partial charge in [-0.05, 0) is 71.9 Å². The molecule has 0 bridgehead atoms. The molecule has 2 heterocycles. The minimum absolute atomic E-state index is 0.146. The van der Waals surface area contributed by atoms with Gasteiger partial charge >= 0.3 is 0 Å². The highest BCUT2D eigenvalue weighted by Gasteiger charge is 2.22. The zero-order chi connectivity index (χ0) is 25.5. The van der Waals surface area contributed by atoms with Gasteiger partial charge in [0.2, 0.25) is 11.8 Å². The molecule has 2 aromatic carbocycles. The van der Waals surface area contributed by atoms with E-state index < -0.39 is 9.85 Å². The van der Waals surface area contributed by atoms with E-state index >= 15 is 0 Å². The Balaban J connectivity index is 1.47. The Morgan fingerprint density at radius 1 is 0.622 bits per heavy atom. The van der Waals surface area contributed by atoms with Crippen LogP contribution in [-0.4, -0.2) is 19.8 Å². The highest BCUT2D eigenvalue weighted by molar-refractivity contribution is 5.75. The monoisotopic (exact) mass is 494 g/mol. The number of aromatic nitrogens is 2. The number of pyridine rings is 2. The summed E-state index contributed by atoms with van der Waals surface area (Å²) in [5, 5.41) is 23.0. The van der Waals surface area contributed by atoms with Crippen molar-refractivity contribution in [2.24, 2.45) is 0 Å². The Labute approximate surface area is 212 Å². The topological polar surface area (TPSA) is 121 Å². The summed E-state index contributed by atoms with van der Waals surface area (Å²) in [6.07, 6.45) is 8.38. The van der Waals surface area contributed by atoms with E-state index in [1.54, 1.807) is 0 Å². The Bertz CT molecular complexity index is 1470. The van der Waals surface area contributed by atoms with Crippen molar-refractivity contribution < 1.29 is 14.6 Å². The van der Waals surface area contributed by atoms with Crippen LogP contribution < -0.4 is 4.74 Å². The summed E-state index contributed by atoms with van der Waals surface area (Å²) in [5.74, 6) is 0.291. The Hall–Kier alpha value is -4.66. The van der Waals surface area contributed by atoms with Gasteiger partial charge in [-0.2, -0.15) is 0 Å². The predicted molar refractivity (Wildman–Crippen MR) is 137 cm³/mol. The van der Waals surface area contributed by atoms with E-state index in [1.807, 2.05) is 36.4 Å². The minimum Gasteiger partial charge on any atom is -0.419 e. The fourth-order valence-corrected chi connectivity index (χ4v) is 5.23. The molecule has 6 rings (SSSR count). The normalized spacial score (nSPS) is 13.7. The van der Waals surface area contributed by atoms with Gasteiger partial charge in [0.1, 0.15) is 12.4 Å². The molecule has 2 aromatic heterocycles. The third kappa shape index (κ3) is 4.29. The first-order chi connectivity index (χ1) is 18.0. The Morgan fingerprint density at radius 2 is 1.05 bits per heavy atom. The molecule has 0 fully saturated rings. The second-order valence-corrected chi connectivity index (χ2v) is 9.38. The van der Waals surface area contributed by atoms with Crippen molar-refractivity contribution in [2.45, 2.75) is 38.5 Å². The zero-order valence-corrected chi connectivity index (χ0v) is 19.8. The molecule has 4 aromatic rings. The lowest BCUT2D eigenvalue weighted by Gasteiger charge is -2.14. The average molecular weight is 495 g/mol. The molecule has 0 N–H and O–H groups in total. The van der Waals surface area contributed by atoms with Crippen LogP contribution in [0.5, 0.6) is 11.8 Å². The van der Waals surface area contributed by atoms with Gasteiger partial charge in [0, 0.05) is 12.1 Å². The van der Waals surface area contributed by atoms with Crippen LogP contribution in [-0.2, 0) is 25.7 Å². The number of nitrogens with zero attached hydrogens (tertiary/aromatic N) is 4. The van der Waals surface area contributed by atoms with Gasteiger partial charge in [-0.25, -0.2) is 9.97 Å². The lowest BCUT2D eigenvalue weighted by atomic mass is 10.0. The van der Waals surface area contributed by atoms with Crippen LogP contribution in [0.3, 0.4) is 0 Å². The molecule has 0 atom stereocenters. The molecule has 0 radical (unpaired) electrons. The van der Waals surface area contributed by atoms with Crippen LogP contribution in [0.25, 0.3) is 22.3 Å². The summed E-state index contributed by atoms with van der Waals surface area (Å²) < 4.78 is 6.19. The Kier molecular flexibility index (Phi) is 5.60. The lowest BCUT2D eigenvalue weighted by Crippen LogP contribution is -2.00. The molecule has 0 aliphatic heterocycles. The van der Waals surface area contributed by atoms with E-state index in [9.17, 15) is 20.2 Å². The number of hydrogen-bond donors (Lipinski definition) is 0. The second-order valence-electron chi connectivity index (χ2n) is 9.38. The minimum atomic E-state index is -0.492. The molecule has 0 spiro atoms. The standard InChI is InChI=1S/C28H22N4O5/c33-31(34)23-13-25(21-9-7-17-3-1-5-19(17)11-21)27(29-15-23)37-28-26(14-24(16-30-28)32(35)36)22-10-8-18-4-2-6-20(18)12-22/h7-16H,1-6H2. The number of hydrogen-bond acceptors (Lipinski definition) is 7. The van der Waals surface area contributed by atoms with Crippen LogP contribution in [0.15, 0.2) is 60.9 Å². The third-order valence-corrected chi connectivity index (χ3v) is 7.11. The van der Waals surface area contributed by atoms with Gasteiger partial charge in [-0.1, -0.05) is 36.4 Å². The first-order valence-corrected chi connectivity index (χ1v) is 12.2. The molecule has 9 nitrogen and oxygen atoms in total. The van der Waals surface area contributed by atoms with Gasteiger partial charge in [-0.3, -0.25) is 20.2 Å². The van der Waals surface area contributed by atoms with Gasteiger partial charge < -0.3 is 4.74 Å². The van der Waals surface area contributed by atoms with Crippen molar-refractivity contribution in [1.82, 2.24) is 9.97 Å². The lowest BCUT2D eigenvalue weighted by molar-refractivity contribution is -0.385. The second kappa shape index (κ2) is 9.09. The molecule has 0 unspecified atom stereocenters. The summed E-state index contributed by atoms with van der Waals surface area (Å²) in [6.45, 7) is 0. The van der Waals surface area contributed by atoms with Crippen molar-refractivity contribution in [3.8, 4) is 34.0 Å². The summed E-state index contributed by atoms with van der Waals surface area (Å²) in [6, 6.07) is 14.9. The van der Waals surface area contributed by atoms with Gasteiger partial charge in [0.15, 0.2) is 0 Å². The maximum atomic E-state index is 11.5. The van der Waals surface area contributed by atoms with Crippen LogP contribution in [0.2, 0.25) is 0 Å². The molecule has 2 aliphatic carbocycles. The number of ether oxygens (including phenoxy) is 1. The number of benzene rings is 2. The highest BCUT2D eigenvalue weighted by Crippen LogP contribution is 2.40. The number of fused-ring (bicyclic) bond motifs is 2. The maximum absolute atomic E-state index is 11.5. The van der Waals surface area contributed by atoms with Crippen LogP contribution in [0.4, 0.5) is 11.4 Å². The third-order valence-electron chi connectivity index (χ3n) is 7.11. The molecule has 9 heteroatoms. The number of nitro groups is 2. The first kappa shape index (κ1) is 22.8. The van der Waals surface area contributed by atoms with Crippen molar-refractivity contribution in [1.29, 1.82) is 0 Å². The van der Waals surface area contributed by atoms with Crippen molar-refractivity contribution in [3.63, 3.8) is 0 Å². The average Bonchev–Trinajstić information content (AvgIpc) is 3.57. The molecule has 0 amide bonds. The van der Waals surface area contributed by atoms with Crippen molar-refractivity contribution in [2.75, 3.05) is 0 Å². The smallest absolute Gasteiger partial charge is 0.288 e. The highest BCUT2D eigenvalue weighted by atomic mass is 16.6. The fraction of sp³-hybridized carbons (Fsp3) is 0.214. The maximum Gasteiger partial charge on any atom is 0.288 e. The van der Waals surface area contributed by atoms with Gasteiger partial charge in [-0.15, -0.1) is 0 Å². The molecule has 0 saturated carbocycles. The molecular weight excluding hydrogens is 472 g/mol. The van der Waals surface area contributed by atoms with E-state index in [0.29, 0.717) is 11.1 Å². The summed E-state index contributed by atoms with van der Waals surface area (Å²) in [4.78, 5) is 30.6. The predicted octanol–water partition coefficient (Wildman–Crippen LogP) is 6.40. The summed E-state index contributed by atoms with van der Waals surface area (Å²) in [5.41, 5.74) is 7.11. The number of rotatable bonds is 6. The van der Waals surface area contributed by atoms with E-state index in [4.69, 9.17) is 4.74 Å². The SMILES string of the molecule is O=[N+]([O-])c1cnc(Oc2ncc([N+](=O)[O-])cc2-c2ccc3c(c2)CCC3)c(-c2ccc3c(c2)CCC3)c1. The largest absolute Gasteiger partial charge is 0.419 e. The first-order valence-electron chi connectivity index (χ1n) is 12.2. The van der Waals surface area contributed by atoms with E-state index in [-0.39, 0.29) is 23.1 Å². The molecule has 0 saturated heterocycles. The van der Waals surface area contributed by atoms with Crippen LogP contribution in [0, 0.1) is 20.2 Å². The van der Waals surface area contributed by atoms with Crippen LogP contribution >= 0.6 is 0 Å². The van der Waals surface area contributed by atoms with E-state index in [1.165, 1.54) is 34.4 Å². The van der Waals surface area contributed by atoms with E-state index in [0.717, 1.165) is 62.0 Å². The van der Waals surface area contributed by atoms with Gasteiger partial charge in [0.25, 0.3) is 11.4 Å². The van der Waals surface area contributed by atoms with Crippen LogP contribution in [0.1, 0.15) is 35.1 Å². The van der Waals surface area contributed by atoms with E-state index in [2.05, 4.69) is 9.97 Å². The van der Waals surface area contributed by atoms with Crippen molar-refractivity contribution in [3.05, 3.63) is 103 Å². The zero-order valence-electron chi connectivity index (χ0n) is 19.8. The summed E-state index contributed by atoms with van der Waals surface area (Å²) >= 11 is 0. The molecule has 184 valence electrons. The van der Waals surface area contributed by atoms with Crippen molar-refractivity contribution >= 4 is 11.4 Å². The fourth-order valence-electron chi connectivity index (χ4n) is 5.23. The molecule has 37 heavy (non-hydrogen) atoms. The quantitative estimate of drug-likeness (QED) is 0.225.